The van der Waals surface area contributed by atoms with Crippen molar-refractivity contribution in [2.24, 2.45) is 5.92 Å². The van der Waals surface area contributed by atoms with Crippen LogP contribution in [-0.2, 0) is 11.3 Å². The van der Waals surface area contributed by atoms with Gasteiger partial charge in [-0.3, -0.25) is 4.79 Å². The minimum atomic E-state index is 0.0943. The number of nitrogen functional groups attached to an aromatic ring is 1. The van der Waals surface area contributed by atoms with Crippen LogP contribution < -0.4 is 11.1 Å². The van der Waals surface area contributed by atoms with Gasteiger partial charge in [0.15, 0.2) is 5.82 Å². The van der Waals surface area contributed by atoms with E-state index in [1.54, 1.807) is 0 Å². The highest BCUT2D eigenvalue weighted by Gasteiger charge is 2.43. The second-order valence-electron chi connectivity index (χ2n) is 7.37. The molecule has 1 aromatic carbocycles. The van der Waals surface area contributed by atoms with Crippen LogP contribution >= 0.6 is 0 Å². The Balaban J connectivity index is 1.43. The van der Waals surface area contributed by atoms with Gasteiger partial charge < -0.3 is 15.6 Å². The van der Waals surface area contributed by atoms with Crippen molar-refractivity contribution in [1.29, 1.82) is 0 Å². The number of carbonyl (C=O) groups excluding carboxylic acids is 1. The number of nitrogens with zero attached hydrogens (tertiary/aromatic N) is 3. The molecule has 6 nitrogen and oxygen atoms in total. The highest BCUT2D eigenvalue weighted by Crippen LogP contribution is 2.47. The average molecular weight is 363 g/mol. The maximum absolute atomic E-state index is 12.5. The largest absolute Gasteiger partial charge is 0.382 e. The molecule has 0 bridgehead atoms. The molecule has 0 radical (unpaired) electrons. The lowest BCUT2D eigenvalue weighted by Gasteiger charge is -2.11. The molecular weight excluding hydrogens is 338 g/mol. The Morgan fingerprint density at radius 1 is 1.22 bits per heavy atom. The standard InChI is InChI=1S/C21H25N5O/c1-12-13(2)24-20(22)18-19(12)26(14(3)25-18)10-9-23-21(27)17-11-16(17)15-7-5-4-6-8-15/h4-8,16-17H,9-11H2,1-3H3,(H2,22,24)(H,23,27)/t16?,17-/m1/s1. The molecule has 2 heterocycles. The molecule has 1 aliphatic rings. The summed E-state index contributed by atoms with van der Waals surface area (Å²) in [6, 6.07) is 10.3. The minimum Gasteiger partial charge on any atom is -0.382 e. The van der Waals surface area contributed by atoms with Crippen LogP contribution in [0.2, 0.25) is 0 Å². The number of hydrogen-bond acceptors (Lipinski definition) is 4. The lowest BCUT2D eigenvalue weighted by molar-refractivity contribution is -0.122. The van der Waals surface area contributed by atoms with Gasteiger partial charge in [-0.2, -0.15) is 0 Å². The van der Waals surface area contributed by atoms with Gasteiger partial charge in [0.1, 0.15) is 11.3 Å². The minimum absolute atomic E-state index is 0.0943. The fraction of sp³-hybridized carbons (Fsp3) is 0.381. The number of benzene rings is 1. The smallest absolute Gasteiger partial charge is 0.223 e. The van der Waals surface area contributed by atoms with Crippen molar-refractivity contribution in [3.05, 3.63) is 53.0 Å². The van der Waals surface area contributed by atoms with E-state index < -0.39 is 0 Å². The van der Waals surface area contributed by atoms with Gasteiger partial charge in [-0.15, -0.1) is 0 Å². The number of amides is 1. The van der Waals surface area contributed by atoms with Crippen LogP contribution in [0.15, 0.2) is 30.3 Å². The van der Waals surface area contributed by atoms with Crippen LogP contribution in [0.3, 0.4) is 0 Å². The zero-order valence-corrected chi connectivity index (χ0v) is 16.0. The van der Waals surface area contributed by atoms with E-state index >= 15 is 0 Å². The van der Waals surface area contributed by atoms with Gasteiger partial charge in [0.2, 0.25) is 5.91 Å². The number of aromatic nitrogens is 3. The van der Waals surface area contributed by atoms with Crippen molar-refractivity contribution in [3.8, 4) is 0 Å². The molecule has 3 N–H and O–H groups in total. The molecule has 0 spiro atoms. The number of nitrogens with one attached hydrogen (secondary N) is 1. The van der Waals surface area contributed by atoms with Crippen LogP contribution in [0.5, 0.6) is 0 Å². The van der Waals surface area contributed by atoms with Crippen LogP contribution in [0.4, 0.5) is 5.82 Å². The molecule has 140 valence electrons. The van der Waals surface area contributed by atoms with E-state index in [0.717, 1.165) is 34.5 Å². The molecule has 3 aromatic rings. The third-order valence-electron chi connectivity index (χ3n) is 5.58. The monoisotopic (exact) mass is 363 g/mol. The highest BCUT2D eigenvalue weighted by molar-refractivity contribution is 5.88. The van der Waals surface area contributed by atoms with Gasteiger partial charge in [-0.1, -0.05) is 30.3 Å². The molecule has 0 saturated heterocycles. The van der Waals surface area contributed by atoms with Crippen molar-refractivity contribution in [3.63, 3.8) is 0 Å². The topological polar surface area (TPSA) is 85.8 Å². The van der Waals surface area contributed by atoms with E-state index in [1.165, 1.54) is 5.56 Å². The molecule has 1 saturated carbocycles. The van der Waals surface area contributed by atoms with E-state index in [-0.39, 0.29) is 11.8 Å². The number of fused-ring (bicyclic) bond motifs is 1. The molecule has 1 amide bonds. The first-order valence-corrected chi connectivity index (χ1v) is 9.39. The molecule has 6 heteroatoms. The third kappa shape index (κ3) is 3.16. The van der Waals surface area contributed by atoms with Crippen LogP contribution in [0, 0.1) is 26.7 Å². The fourth-order valence-electron chi connectivity index (χ4n) is 3.86. The number of nitrogens with two attached hydrogens (primary N) is 1. The Labute approximate surface area is 158 Å². The van der Waals surface area contributed by atoms with E-state index in [4.69, 9.17) is 5.73 Å². The second kappa shape index (κ2) is 6.68. The molecule has 4 rings (SSSR count). The molecule has 0 aliphatic heterocycles. The zero-order chi connectivity index (χ0) is 19.1. The Kier molecular flexibility index (Phi) is 4.34. The molecule has 1 unspecified atom stereocenters. The SMILES string of the molecule is Cc1nc(N)c2nc(C)n(CCNC(=O)[C@@H]3CC3c3ccccc3)c2c1C. The van der Waals surface area contributed by atoms with Gasteiger partial charge in [-0.25, -0.2) is 9.97 Å². The summed E-state index contributed by atoms with van der Waals surface area (Å²) in [4.78, 5) is 21.4. The molecule has 27 heavy (non-hydrogen) atoms. The van der Waals surface area contributed by atoms with Crippen molar-refractivity contribution >= 4 is 22.8 Å². The van der Waals surface area contributed by atoms with Gasteiger partial charge in [0, 0.05) is 24.7 Å². The van der Waals surface area contributed by atoms with Gasteiger partial charge in [0.05, 0.1) is 5.52 Å². The maximum Gasteiger partial charge on any atom is 0.223 e. The van der Waals surface area contributed by atoms with E-state index in [0.29, 0.717) is 24.8 Å². The Bertz CT molecular complexity index is 1010. The normalized spacial score (nSPS) is 18.6. The summed E-state index contributed by atoms with van der Waals surface area (Å²) in [5.74, 6) is 1.94. The molecule has 1 fully saturated rings. The number of hydrogen-bond donors (Lipinski definition) is 2. The summed E-state index contributed by atoms with van der Waals surface area (Å²) in [5, 5.41) is 3.09. The molecular formula is C21H25N5O. The number of rotatable bonds is 5. The molecule has 1 aliphatic carbocycles. The molecule has 2 aromatic heterocycles. The van der Waals surface area contributed by atoms with E-state index in [9.17, 15) is 4.79 Å². The summed E-state index contributed by atoms with van der Waals surface area (Å²) in [7, 11) is 0. The van der Waals surface area contributed by atoms with Crippen molar-refractivity contribution in [2.75, 3.05) is 12.3 Å². The summed E-state index contributed by atoms with van der Waals surface area (Å²) in [6.07, 6.45) is 0.934. The first-order chi connectivity index (χ1) is 13.0. The van der Waals surface area contributed by atoms with Crippen molar-refractivity contribution in [1.82, 2.24) is 19.9 Å². The lowest BCUT2D eigenvalue weighted by Crippen LogP contribution is -2.29. The van der Waals surface area contributed by atoms with Crippen LogP contribution in [0.1, 0.15) is 35.0 Å². The number of carbonyl (C=O) groups is 1. The van der Waals surface area contributed by atoms with E-state index in [2.05, 4.69) is 32.0 Å². The number of imidazole rings is 1. The van der Waals surface area contributed by atoms with Gasteiger partial charge >= 0.3 is 0 Å². The number of pyridine rings is 1. The summed E-state index contributed by atoms with van der Waals surface area (Å²) >= 11 is 0. The molecule has 2 atom stereocenters. The zero-order valence-electron chi connectivity index (χ0n) is 16.0. The Morgan fingerprint density at radius 3 is 2.70 bits per heavy atom. The summed E-state index contributed by atoms with van der Waals surface area (Å²) < 4.78 is 2.12. The summed E-state index contributed by atoms with van der Waals surface area (Å²) in [6.45, 7) is 7.19. The van der Waals surface area contributed by atoms with Gasteiger partial charge in [0.25, 0.3) is 0 Å². The highest BCUT2D eigenvalue weighted by atomic mass is 16.2. The number of anilines is 1. The maximum atomic E-state index is 12.5. The number of aryl methyl sites for hydroxylation is 3. The van der Waals surface area contributed by atoms with E-state index in [1.807, 2.05) is 39.0 Å². The summed E-state index contributed by atoms with van der Waals surface area (Å²) in [5.41, 5.74) is 11.0. The van der Waals surface area contributed by atoms with Crippen molar-refractivity contribution < 1.29 is 4.79 Å². The lowest BCUT2D eigenvalue weighted by atomic mass is 10.1. The third-order valence-corrected chi connectivity index (χ3v) is 5.58. The average Bonchev–Trinajstić information content (AvgIpc) is 3.39. The quantitative estimate of drug-likeness (QED) is 0.730. The van der Waals surface area contributed by atoms with Crippen LogP contribution in [-0.4, -0.2) is 27.0 Å². The van der Waals surface area contributed by atoms with Crippen molar-refractivity contribution in [2.45, 2.75) is 39.7 Å². The second-order valence-corrected chi connectivity index (χ2v) is 7.37. The first kappa shape index (κ1) is 17.5. The van der Waals surface area contributed by atoms with Crippen LogP contribution in [0.25, 0.3) is 11.0 Å². The fourth-order valence-corrected chi connectivity index (χ4v) is 3.86. The van der Waals surface area contributed by atoms with Gasteiger partial charge in [-0.05, 0) is 44.2 Å². The predicted molar refractivity (Wildman–Crippen MR) is 106 cm³/mol. The Morgan fingerprint density at radius 2 is 1.96 bits per heavy atom. The Hall–Kier alpha value is -2.89. The predicted octanol–water partition coefficient (Wildman–Crippen LogP) is 2.86. The first-order valence-electron chi connectivity index (χ1n) is 9.39.